The number of aromatic amines is 1. The van der Waals surface area contributed by atoms with Crippen molar-refractivity contribution in [1.29, 1.82) is 0 Å². The first kappa shape index (κ1) is 12.3. The van der Waals surface area contributed by atoms with Gasteiger partial charge in [-0.2, -0.15) is 0 Å². The number of hydrogen-bond acceptors (Lipinski definition) is 2. The number of aliphatic carboxylic acids is 1. The zero-order valence-electron chi connectivity index (χ0n) is 10.7. The summed E-state index contributed by atoms with van der Waals surface area (Å²) >= 11 is 0. The molecule has 3 rings (SSSR count). The van der Waals surface area contributed by atoms with Crippen LogP contribution in [0.4, 0.5) is 0 Å². The minimum atomic E-state index is -0.980. The van der Waals surface area contributed by atoms with Gasteiger partial charge in [0.1, 0.15) is 5.75 Å². The SMILES string of the molecule is O=C(O)COc1ccc(-c2ccc3[nH]ccc3c2)cc1. The van der Waals surface area contributed by atoms with Gasteiger partial charge in [0.05, 0.1) is 0 Å². The summed E-state index contributed by atoms with van der Waals surface area (Å²) in [6.45, 7) is -0.325. The zero-order valence-corrected chi connectivity index (χ0v) is 10.7. The highest BCUT2D eigenvalue weighted by molar-refractivity contribution is 5.85. The van der Waals surface area contributed by atoms with E-state index in [0.29, 0.717) is 5.75 Å². The fourth-order valence-electron chi connectivity index (χ4n) is 2.12. The maximum absolute atomic E-state index is 10.4. The standard InChI is InChI=1S/C16H13NO3/c18-16(19)10-20-14-4-1-11(2-5-14)12-3-6-15-13(9-12)7-8-17-15/h1-9,17H,10H2,(H,18,19). The summed E-state index contributed by atoms with van der Waals surface area (Å²) < 4.78 is 5.11. The molecule has 0 radical (unpaired) electrons. The summed E-state index contributed by atoms with van der Waals surface area (Å²) in [6, 6.07) is 15.6. The molecule has 4 nitrogen and oxygen atoms in total. The van der Waals surface area contributed by atoms with E-state index in [1.54, 1.807) is 12.1 Å². The molecule has 0 unspecified atom stereocenters. The smallest absolute Gasteiger partial charge is 0.341 e. The van der Waals surface area contributed by atoms with Crippen molar-refractivity contribution >= 4 is 16.9 Å². The molecule has 100 valence electrons. The first-order valence-corrected chi connectivity index (χ1v) is 6.24. The number of carboxylic acids is 1. The lowest BCUT2D eigenvalue weighted by Crippen LogP contribution is -2.09. The summed E-state index contributed by atoms with van der Waals surface area (Å²) in [5, 5.41) is 9.72. The van der Waals surface area contributed by atoms with Crippen molar-refractivity contribution in [3.63, 3.8) is 0 Å². The van der Waals surface area contributed by atoms with E-state index in [-0.39, 0.29) is 6.61 Å². The Hall–Kier alpha value is -2.75. The maximum Gasteiger partial charge on any atom is 0.341 e. The molecule has 0 amide bonds. The maximum atomic E-state index is 10.4. The van der Waals surface area contributed by atoms with Gasteiger partial charge in [-0.1, -0.05) is 18.2 Å². The molecule has 0 spiro atoms. The quantitative estimate of drug-likeness (QED) is 0.762. The molecule has 1 heterocycles. The predicted molar refractivity (Wildman–Crippen MR) is 76.9 cm³/mol. The second kappa shape index (κ2) is 5.09. The van der Waals surface area contributed by atoms with Crippen molar-refractivity contribution < 1.29 is 14.6 Å². The molecular weight excluding hydrogens is 254 g/mol. The molecule has 0 aliphatic heterocycles. The number of rotatable bonds is 4. The Balaban J connectivity index is 1.84. The second-order valence-corrected chi connectivity index (χ2v) is 4.49. The molecule has 4 heteroatoms. The van der Waals surface area contributed by atoms with Gasteiger partial charge >= 0.3 is 5.97 Å². The van der Waals surface area contributed by atoms with Crippen LogP contribution in [0.5, 0.6) is 5.75 Å². The zero-order chi connectivity index (χ0) is 13.9. The third kappa shape index (κ3) is 2.49. The number of hydrogen-bond donors (Lipinski definition) is 2. The summed E-state index contributed by atoms with van der Waals surface area (Å²) in [4.78, 5) is 13.6. The van der Waals surface area contributed by atoms with Crippen LogP contribution in [0, 0.1) is 0 Å². The van der Waals surface area contributed by atoms with Gasteiger partial charge in [0.25, 0.3) is 0 Å². The van der Waals surface area contributed by atoms with Crippen LogP contribution in [-0.4, -0.2) is 22.7 Å². The van der Waals surface area contributed by atoms with Crippen molar-refractivity contribution in [1.82, 2.24) is 4.98 Å². The van der Waals surface area contributed by atoms with Crippen molar-refractivity contribution in [2.45, 2.75) is 0 Å². The third-order valence-electron chi connectivity index (χ3n) is 3.10. The van der Waals surface area contributed by atoms with Gasteiger partial charge in [-0.3, -0.25) is 0 Å². The fraction of sp³-hybridized carbons (Fsp3) is 0.0625. The molecular formula is C16H13NO3. The number of carbonyl (C=O) groups is 1. The molecule has 3 aromatic rings. The van der Waals surface area contributed by atoms with E-state index >= 15 is 0 Å². The number of fused-ring (bicyclic) bond motifs is 1. The number of nitrogens with one attached hydrogen (secondary N) is 1. The highest BCUT2D eigenvalue weighted by Crippen LogP contribution is 2.25. The molecule has 20 heavy (non-hydrogen) atoms. The van der Waals surface area contributed by atoms with E-state index in [0.717, 1.165) is 22.0 Å². The second-order valence-electron chi connectivity index (χ2n) is 4.49. The third-order valence-corrected chi connectivity index (χ3v) is 3.10. The van der Waals surface area contributed by atoms with E-state index in [2.05, 4.69) is 11.1 Å². The molecule has 0 bridgehead atoms. The minimum Gasteiger partial charge on any atom is -0.482 e. The molecule has 0 fully saturated rings. The number of ether oxygens (including phenoxy) is 1. The summed E-state index contributed by atoms with van der Waals surface area (Å²) in [7, 11) is 0. The van der Waals surface area contributed by atoms with Crippen molar-refractivity contribution in [3.05, 3.63) is 54.7 Å². The molecule has 0 atom stereocenters. The van der Waals surface area contributed by atoms with Crippen LogP contribution >= 0.6 is 0 Å². The first-order chi connectivity index (χ1) is 9.72. The van der Waals surface area contributed by atoms with E-state index in [1.165, 1.54) is 0 Å². The van der Waals surface area contributed by atoms with E-state index in [1.807, 2.05) is 36.5 Å². The fourth-order valence-corrected chi connectivity index (χ4v) is 2.12. The molecule has 2 aromatic carbocycles. The number of benzene rings is 2. The van der Waals surface area contributed by atoms with Crippen LogP contribution in [-0.2, 0) is 4.79 Å². The highest BCUT2D eigenvalue weighted by Gasteiger charge is 2.02. The highest BCUT2D eigenvalue weighted by atomic mass is 16.5. The Morgan fingerprint density at radius 1 is 1.05 bits per heavy atom. The van der Waals surface area contributed by atoms with Gasteiger partial charge in [-0.25, -0.2) is 4.79 Å². The van der Waals surface area contributed by atoms with Crippen LogP contribution in [0.15, 0.2) is 54.7 Å². The normalized spacial score (nSPS) is 10.6. The molecule has 0 saturated carbocycles. The van der Waals surface area contributed by atoms with Crippen molar-refractivity contribution in [2.24, 2.45) is 0 Å². The van der Waals surface area contributed by atoms with Gasteiger partial charge in [-0.15, -0.1) is 0 Å². The van der Waals surface area contributed by atoms with Gasteiger partial charge in [0.15, 0.2) is 6.61 Å². The average molecular weight is 267 g/mol. The topological polar surface area (TPSA) is 62.3 Å². The lowest BCUT2D eigenvalue weighted by molar-refractivity contribution is -0.139. The summed E-state index contributed by atoms with van der Waals surface area (Å²) in [5.41, 5.74) is 3.29. The van der Waals surface area contributed by atoms with Gasteiger partial charge in [0, 0.05) is 11.7 Å². The molecule has 1 aromatic heterocycles. The molecule has 0 saturated heterocycles. The van der Waals surface area contributed by atoms with Crippen LogP contribution in [0.3, 0.4) is 0 Å². The first-order valence-electron chi connectivity index (χ1n) is 6.24. The van der Waals surface area contributed by atoms with Crippen LogP contribution in [0.1, 0.15) is 0 Å². The number of H-pyrrole nitrogens is 1. The van der Waals surface area contributed by atoms with Crippen molar-refractivity contribution in [2.75, 3.05) is 6.61 Å². The lowest BCUT2D eigenvalue weighted by atomic mass is 10.0. The van der Waals surface area contributed by atoms with E-state index < -0.39 is 5.97 Å². The van der Waals surface area contributed by atoms with Gasteiger partial charge in [-0.05, 0) is 46.8 Å². The Labute approximate surface area is 115 Å². The van der Waals surface area contributed by atoms with E-state index in [4.69, 9.17) is 9.84 Å². The number of carboxylic acid groups (broad SMARTS) is 1. The Morgan fingerprint density at radius 2 is 1.80 bits per heavy atom. The molecule has 0 aliphatic carbocycles. The Bertz CT molecular complexity index is 744. The lowest BCUT2D eigenvalue weighted by Gasteiger charge is -2.05. The van der Waals surface area contributed by atoms with Crippen LogP contribution in [0.25, 0.3) is 22.0 Å². The minimum absolute atomic E-state index is 0.325. The van der Waals surface area contributed by atoms with Crippen molar-refractivity contribution in [3.8, 4) is 16.9 Å². The van der Waals surface area contributed by atoms with Gasteiger partial charge in [0.2, 0.25) is 0 Å². The molecule has 0 aliphatic rings. The Kier molecular flexibility index (Phi) is 3.13. The Morgan fingerprint density at radius 3 is 2.55 bits per heavy atom. The van der Waals surface area contributed by atoms with Crippen LogP contribution in [0.2, 0.25) is 0 Å². The van der Waals surface area contributed by atoms with Crippen LogP contribution < -0.4 is 4.74 Å². The van der Waals surface area contributed by atoms with Gasteiger partial charge < -0.3 is 14.8 Å². The van der Waals surface area contributed by atoms with E-state index in [9.17, 15) is 4.79 Å². The average Bonchev–Trinajstić information content (AvgIpc) is 2.93. The largest absolute Gasteiger partial charge is 0.482 e. The monoisotopic (exact) mass is 267 g/mol. The predicted octanol–water partition coefficient (Wildman–Crippen LogP) is 3.30. The summed E-state index contributed by atoms with van der Waals surface area (Å²) in [5.74, 6) is -0.425. The molecule has 2 N–H and O–H groups in total. The number of aromatic nitrogens is 1. The summed E-state index contributed by atoms with van der Waals surface area (Å²) in [6.07, 6.45) is 1.91.